The summed E-state index contributed by atoms with van der Waals surface area (Å²) in [6.07, 6.45) is 7.66. The van der Waals surface area contributed by atoms with Crippen LogP contribution >= 0.6 is 0 Å². The first-order chi connectivity index (χ1) is 8.86. The van der Waals surface area contributed by atoms with E-state index in [1.165, 1.54) is 11.9 Å². The molecule has 18 heavy (non-hydrogen) atoms. The second kappa shape index (κ2) is 4.64. The van der Waals surface area contributed by atoms with Crippen LogP contribution in [0.25, 0.3) is 0 Å². The molecule has 0 bridgehead atoms. The van der Waals surface area contributed by atoms with Crippen molar-refractivity contribution in [3.8, 4) is 0 Å². The number of Topliss-reactive ketones (excluding diaryl/α,β-unsaturated/α-hetero) is 1. The number of aromatic nitrogens is 3. The molecule has 0 radical (unpaired) electrons. The minimum absolute atomic E-state index is 0.0528. The molecule has 3 rings (SSSR count). The van der Waals surface area contributed by atoms with E-state index in [9.17, 15) is 4.79 Å². The number of fused-ring (bicyclic) bond motifs is 1. The lowest BCUT2D eigenvalue weighted by Gasteiger charge is -2.22. The smallest absolute Gasteiger partial charge is 0.190 e. The third kappa shape index (κ3) is 1.90. The van der Waals surface area contributed by atoms with Gasteiger partial charge >= 0.3 is 0 Å². The summed E-state index contributed by atoms with van der Waals surface area (Å²) in [6, 6.07) is 5.65. The number of rotatable bonds is 2. The van der Waals surface area contributed by atoms with E-state index in [0.29, 0.717) is 5.69 Å². The van der Waals surface area contributed by atoms with Gasteiger partial charge in [-0.25, -0.2) is 9.97 Å². The van der Waals surface area contributed by atoms with Crippen molar-refractivity contribution < 1.29 is 4.79 Å². The van der Waals surface area contributed by atoms with Crippen LogP contribution in [0.3, 0.4) is 0 Å². The molecule has 4 heteroatoms. The average molecular weight is 239 g/mol. The Bertz CT molecular complexity index is 568. The molecule has 0 amide bonds. The quantitative estimate of drug-likeness (QED) is 0.754. The minimum atomic E-state index is -0.148. The van der Waals surface area contributed by atoms with E-state index in [0.717, 1.165) is 25.0 Å². The third-order valence-corrected chi connectivity index (χ3v) is 3.35. The maximum Gasteiger partial charge on any atom is 0.190 e. The maximum atomic E-state index is 12.4. The van der Waals surface area contributed by atoms with Crippen molar-refractivity contribution in [3.05, 3.63) is 53.9 Å². The molecule has 1 unspecified atom stereocenters. The van der Waals surface area contributed by atoms with Crippen molar-refractivity contribution >= 4 is 5.78 Å². The number of aryl methyl sites for hydroxylation is 1. The Hall–Kier alpha value is -2.10. The van der Waals surface area contributed by atoms with Gasteiger partial charge in [0.2, 0.25) is 0 Å². The zero-order valence-electron chi connectivity index (χ0n) is 9.91. The van der Waals surface area contributed by atoms with Crippen LogP contribution in [-0.4, -0.2) is 20.7 Å². The van der Waals surface area contributed by atoms with E-state index in [4.69, 9.17) is 0 Å². The Balaban J connectivity index is 1.97. The molecular formula is C14H13N3O. The summed E-state index contributed by atoms with van der Waals surface area (Å²) in [5.74, 6) is -0.0955. The van der Waals surface area contributed by atoms with Crippen LogP contribution in [0.1, 0.15) is 40.5 Å². The summed E-state index contributed by atoms with van der Waals surface area (Å²) >= 11 is 0. The van der Waals surface area contributed by atoms with Crippen LogP contribution < -0.4 is 0 Å². The standard InChI is InChI=1S/C14H13N3O/c18-14(12-6-8-15-9-17-12)11-5-1-3-10-4-2-7-16-13(10)11/h2,4,6-9,11H,1,3,5H2. The Labute approximate surface area is 105 Å². The molecule has 1 atom stereocenters. The Morgan fingerprint density at radius 3 is 3.00 bits per heavy atom. The molecule has 0 aliphatic heterocycles. The number of hydrogen-bond acceptors (Lipinski definition) is 4. The maximum absolute atomic E-state index is 12.4. The largest absolute Gasteiger partial charge is 0.292 e. The molecular weight excluding hydrogens is 226 g/mol. The molecule has 2 aromatic rings. The van der Waals surface area contributed by atoms with Crippen molar-refractivity contribution in [1.29, 1.82) is 0 Å². The lowest BCUT2D eigenvalue weighted by Crippen LogP contribution is -2.20. The SMILES string of the molecule is O=C(c1ccncn1)C1CCCc2cccnc21. The molecule has 2 heterocycles. The highest BCUT2D eigenvalue weighted by Crippen LogP contribution is 2.31. The summed E-state index contributed by atoms with van der Waals surface area (Å²) in [5, 5.41) is 0. The number of ketones is 1. The molecule has 1 aliphatic rings. The topological polar surface area (TPSA) is 55.7 Å². The Kier molecular flexibility index (Phi) is 2.84. The van der Waals surface area contributed by atoms with Crippen molar-refractivity contribution in [2.45, 2.75) is 25.2 Å². The van der Waals surface area contributed by atoms with E-state index in [1.807, 2.05) is 6.07 Å². The van der Waals surface area contributed by atoms with Crippen LogP contribution in [0.2, 0.25) is 0 Å². The number of pyridine rings is 1. The van der Waals surface area contributed by atoms with Crippen LogP contribution in [0.15, 0.2) is 36.9 Å². The van der Waals surface area contributed by atoms with Gasteiger partial charge in [-0.1, -0.05) is 6.07 Å². The molecule has 2 aromatic heterocycles. The van der Waals surface area contributed by atoms with Crippen LogP contribution in [0.4, 0.5) is 0 Å². The summed E-state index contributed by atoms with van der Waals surface area (Å²) in [6.45, 7) is 0. The number of hydrogen-bond donors (Lipinski definition) is 0. The monoisotopic (exact) mass is 239 g/mol. The fraction of sp³-hybridized carbons (Fsp3) is 0.286. The van der Waals surface area contributed by atoms with Crippen LogP contribution in [0, 0.1) is 0 Å². The first-order valence-corrected chi connectivity index (χ1v) is 6.10. The van der Waals surface area contributed by atoms with Gasteiger partial charge in [0, 0.05) is 12.4 Å². The van der Waals surface area contributed by atoms with Gasteiger partial charge in [-0.2, -0.15) is 0 Å². The second-order valence-electron chi connectivity index (χ2n) is 4.45. The molecule has 0 spiro atoms. The van der Waals surface area contributed by atoms with E-state index in [2.05, 4.69) is 21.0 Å². The van der Waals surface area contributed by atoms with Gasteiger partial charge in [-0.15, -0.1) is 0 Å². The van der Waals surface area contributed by atoms with Gasteiger partial charge in [-0.05, 0) is 37.0 Å². The molecule has 4 nitrogen and oxygen atoms in total. The lowest BCUT2D eigenvalue weighted by molar-refractivity contribution is 0.0944. The van der Waals surface area contributed by atoms with Gasteiger partial charge in [0.15, 0.2) is 5.78 Å². The first-order valence-electron chi connectivity index (χ1n) is 6.10. The van der Waals surface area contributed by atoms with Crippen molar-refractivity contribution in [2.24, 2.45) is 0 Å². The van der Waals surface area contributed by atoms with Gasteiger partial charge in [-0.3, -0.25) is 9.78 Å². The predicted octanol–water partition coefficient (Wildman–Crippen LogP) is 2.17. The van der Waals surface area contributed by atoms with Gasteiger partial charge < -0.3 is 0 Å². The predicted molar refractivity (Wildman–Crippen MR) is 66.3 cm³/mol. The van der Waals surface area contributed by atoms with Crippen molar-refractivity contribution in [1.82, 2.24) is 15.0 Å². The highest BCUT2D eigenvalue weighted by molar-refractivity contribution is 5.99. The third-order valence-electron chi connectivity index (χ3n) is 3.35. The lowest BCUT2D eigenvalue weighted by atomic mass is 9.83. The number of nitrogens with zero attached hydrogens (tertiary/aromatic N) is 3. The molecule has 90 valence electrons. The molecule has 0 saturated heterocycles. The highest BCUT2D eigenvalue weighted by atomic mass is 16.1. The minimum Gasteiger partial charge on any atom is -0.292 e. The molecule has 0 fully saturated rings. The molecule has 0 saturated carbocycles. The molecule has 0 aromatic carbocycles. The second-order valence-corrected chi connectivity index (χ2v) is 4.45. The van der Waals surface area contributed by atoms with Crippen molar-refractivity contribution in [2.75, 3.05) is 0 Å². The number of carbonyl (C=O) groups excluding carboxylic acids is 1. The normalized spacial score (nSPS) is 18.1. The van der Waals surface area contributed by atoms with E-state index >= 15 is 0 Å². The fourth-order valence-corrected chi connectivity index (χ4v) is 2.48. The Morgan fingerprint density at radius 1 is 1.22 bits per heavy atom. The summed E-state index contributed by atoms with van der Waals surface area (Å²) in [5.41, 5.74) is 2.59. The molecule has 0 N–H and O–H groups in total. The van der Waals surface area contributed by atoms with Crippen molar-refractivity contribution in [3.63, 3.8) is 0 Å². The van der Waals surface area contributed by atoms with E-state index in [1.54, 1.807) is 18.5 Å². The zero-order valence-corrected chi connectivity index (χ0v) is 9.91. The van der Waals surface area contributed by atoms with Gasteiger partial charge in [0.1, 0.15) is 12.0 Å². The molecule has 1 aliphatic carbocycles. The van der Waals surface area contributed by atoms with Crippen LogP contribution in [-0.2, 0) is 6.42 Å². The highest BCUT2D eigenvalue weighted by Gasteiger charge is 2.28. The summed E-state index contributed by atoms with van der Waals surface area (Å²) < 4.78 is 0. The zero-order chi connectivity index (χ0) is 12.4. The average Bonchev–Trinajstić information content (AvgIpc) is 2.47. The fourth-order valence-electron chi connectivity index (χ4n) is 2.48. The van der Waals surface area contributed by atoms with E-state index < -0.39 is 0 Å². The van der Waals surface area contributed by atoms with Gasteiger partial charge in [0.05, 0.1) is 11.6 Å². The van der Waals surface area contributed by atoms with E-state index in [-0.39, 0.29) is 11.7 Å². The summed E-state index contributed by atoms with van der Waals surface area (Å²) in [4.78, 5) is 24.7. The Morgan fingerprint density at radius 2 is 2.17 bits per heavy atom. The van der Waals surface area contributed by atoms with Gasteiger partial charge in [0.25, 0.3) is 0 Å². The van der Waals surface area contributed by atoms with Crippen LogP contribution in [0.5, 0.6) is 0 Å². The number of carbonyl (C=O) groups is 1. The summed E-state index contributed by atoms with van der Waals surface area (Å²) in [7, 11) is 0. The first kappa shape index (κ1) is 11.0.